The van der Waals surface area contributed by atoms with Crippen LogP contribution in [0.15, 0.2) is 51.5 Å². The number of halogens is 1. The number of aryl methyl sites for hydroxylation is 2. The first-order chi connectivity index (χ1) is 12.5. The molecule has 0 aliphatic carbocycles. The number of carbonyl (C=O) groups excluding carboxylic acids is 1. The van der Waals surface area contributed by atoms with Gasteiger partial charge < -0.3 is 9.42 Å². The van der Waals surface area contributed by atoms with Crippen LogP contribution in [0.25, 0.3) is 11.4 Å². The van der Waals surface area contributed by atoms with Gasteiger partial charge in [-0.1, -0.05) is 27.2 Å². The number of rotatable bonds is 3. The SMILES string of the molecule is Cc1ccc(N2CC(c3nc(-c4ccc(Br)cc4)no3)CC2=O)cc1C. The fraction of sp³-hybridized carbons (Fsp3) is 0.250. The van der Waals surface area contributed by atoms with Gasteiger partial charge >= 0.3 is 0 Å². The van der Waals surface area contributed by atoms with Crippen molar-refractivity contribution in [3.8, 4) is 11.4 Å². The van der Waals surface area contributed by atoms with Gasteiger partial charge in [0, 0.05) is 28.7 Å². The van der Waals surface area contributed by atoms with Crippen molar-refractivity contribution in [1.82, 2.24) is 10.1 Å². The van der Waals surface area contributed by atoms with Crippen LogP contribution in [0.3, 0.4) is 0 Å². The van der Waals surface area contributed by atoms with Crippen LogP contribution in [0.4, 0.5) is 5.69 Å². The smallest absolute Gasteiger partial charge is 0.232 e. The standard InChI is InChI=1S/C20H18BrN3O2/c1-12-3-8-17(9-13(12)2)24-11-15(10-18(24)25)20-22-19(23-26-20)14-4-6-16(21)7-5-14/h3-9,15H,10-11H2,1-2H3. The predicted octanol–water partition coefficient (Wildman–Crippen LogP) is 4.64. The van der Waals surface area contributed by atoms with Crippen molar-refractivity contribution in [3.63, 3.8) is 0 Å². The van der Waals surface area contributed by atoms with Crippen LogP contribution in [-0.4, -0.2) is 22.6 Å². The summed E-state index contributed by atoms with van der Waals surface area (Å²) in [6.45, 7) is 4.68. The summed E-state index contributed by atoms with van der Waals surface area (Å²) in [5, 5.41) is 4.08. The Balaban J connectivity index is 1.55. The third-order valence-corrected chi connectivity index (χ3v) is 5.35. The summed E-state index contributed by atoms with van der Waals surface area (Å²) in [6, 6.07) is 13.8. The molecule has 0 radical (unpaired) electrons. The fourth-order valence-corrected chi connectivity index (χ4v) is 3.40. The topological polar surface area (TPSA) is 59.2 Å². The van der Waals surface area contributed by atoms with Crippen molar-refractivity contribution in [2.75, 3.05) is 11.4 Å². The third-order valence-electron chi connectivity index (χ3n) is 4.82. The lowest BCUT2D eigenvalue weighted by molar-refractivity contribution is -0.117. The fourth-order valence-electron chi connectivity index (χ4n) is 3.13. The molecule has 1 unspecified atom stereocenters. The Morgan fingerprint density at radius 3 is 2.62 bits per heavy atom. The van der Waals surface area contributed by atoms with Gasteiger partial charge in [-0.2, -0.15) is 4.98 Å². The van der Waals surface area contributed by atoms with Gasteiger partial charge in [0.2, 0.25) is 17.6 Å². The number of benzene rings is 2. The molecule has 3 aromatic rings. The molecule has 1 aliphatic rings. The van der Waals surface area contributed by atoms with Gasteiger partial charge in [-0.05, 0) is 61.4 Å². The predicted molar refractivity (Wildman–Crippen MR) is 103 cm³/mol. The summed E-state index contributed by atoms with van der Waals surface area (Å²) in [7, 11) is 0. The number of hydrogen-bond donors (Lipinski definition) is 0. The number of hydrogen-bond acceptors (Lipinski definition) is 4. The molecule has 1 fully saturated rings. The molecule has 1 amide bonds. The Morgan fingerprint density at radius 2 is 1.88 bits per heavy atom. The molecule has 1 aromatic heterocycles. The van der Waals surface area contributed by atoms with Crippen LogP contribution in [0.2, 0.25) is 0 Å². The quantitative estimate of drug-likeness (QED) is 0.629. The first kappa shape index (κ1) is 17.0. The molecule has 2 heterocycles. The van der Waals surface area contributed by atoms with Crippen LogP contribution in [0, 0.1) is 13.8 Å². The normalized spacial score (nSPS) is 17.1. The van der Waals surface area contributed by atoms with E-state index >= 15 is 0 Å². The van der Waals surface area contributed by atoms with Gasteiger partial charge in [-0.25, -0.2) is 0 Å². The van der Waals surface area contributed by atoms with Gasteiger partial charge in [0.05, 0.1) is 5.92 Å². The molecular weight excluding hydrogens is 394 g/mol. The van der Waals surface area contributed by atoms with Crippen LogP contribution >= 0.6 is 15.9 Å². The molecule has 1 atom stereocenters. The van der Waals surface area contributed by atoms with Crippen LogP contribution < -0.4 is 4.90 Å². The summed E-state index contributed by atoms with van der Waals surface area (Å²) in [4.78, 5) is 18.8. The minimum Gasteiger partial charge on any atom is -0.339 e. The molecule has 1 saturated heterocycles. The Bertz CT molecular complexity index is 965. The van der Waals surface area contributed by atoms with Gasteiger partial charge in [0.15, 0.2) is 0 Å². The van der Waals surface area contributed by atoms with Crippen molar-refractivity contribution in [2.45, 2.75) is 26.2 Å². The lowest BCUT2D eigenvalue weighted by atomic mass is 10.1. The highest BCUT2D eigenvalue weighted by molar-refractivity contribution is 9.10. The van der Waals surface area contributed by atoms with Crippen LogP contribution in [-0.2, 0) is 4.79 Å². The monoisotopic (exact) mass is 411 g/mol. The molecule has 0 saturated carbocycles. The zero-order valence-corrected chi connectivity index (χ0v) is 16.2. The maximum atomic E-state index is 12.5. The highest BCUT2D eigenvalue weighted by atomic mass is 79.9. The van der Waals surface area contributed by atoms with E-state index in [9.17, 15) is 4.79 Å². The molecule has 132 valence electrons. The Kier molecular flexibility index (Phi) is 4.36. The number of anilines is 1. The van der Waals surface area contributed by atoms with E-state index in [2.05, 4.69) is 46.0 Å². The van der Waals surface area contributed by atoms with Crippen molar-refractivity contribution in [3.05, 3.63) is 64.0 Å². The van der Waals surface area contributed by atoms with E-state index in [0.717, 1.165) is 15.7 Å². The molecule has 0 bridgehead atoms. The van der Waals surface area contributed by atoms with E-state index in [1.807, 2.05) is 36.4 Å². The lowest BCUT2D eigenvalue weighted by Crippen LogP contribution is -2.24. The summed E-state index contributed by atoms with van der Waals surface area (Å²) in [5.41, 5.74) is 4.20. The summed E-state index contributed by atoms with van der Waals surface area (Å²) >= 11 is 3.41. The number of amides is 1. The molecule has 0 N–H and O–H groups in total. The van der Waals surface area contributed by atoms with E-state index in [-0.39, 0.29) is 11.8 Å². The second kappa shape index (κ2) is 6.68. The third kappa shape index (κ3) is 3.17. The van der Waals surface area contributed by atoms with Crippen molar-refractivity contribution >= 4 is 27.5 Å². The molecule has 1 aliphatic heterocycles. The summed E-state index contributed by atoms with van der Waals surface area (Å²) in [5.74, 6) is 1.06. The van der Waals surface area contributed by atoms with Gasteiger partial charge in [-0.15, -0.1) is 0 Å². The van der Waals surface area contributed by atoms with Crippen molar-refractivity contribution in [1.29, 1.82) is 0 Å². The van der Waals surface area contributed by atoms with Crippen LogP contribution in [0.5, 0.6) is 0 Å². The maximum absolute atomic E-state index is 12.5. The van der Waals surface area contributed by atoms with Gasteiger partial charge in [0.25, 0.3) is 0 Å². The maximum Gasteiger partial charge on any atom is 0.232 e. The highest BCUT2D eigenvalue weighted by Gasteiger charge is 2.35. The van der Waals surface area contributed by atoms with E-state index in [0.29, 0.717) is 24.7 Å². The van der Waals surface area contributed by atoms with Gasteiger partial charge in [0.1, 0.15) is 0 Å². The van der Waals surface area contributed by atoms with E-state index in [4.69, 9.17) is 4.52 Å². The van der Waals surface area contributed by atoms with Crippen molar-refractivity contribution < 1.29 is 9.32 Å². The zero-order valence-electron chi connectivity index (χ0n) is 14.6. The second-order valence-corrected chi connectivity index (χ2v) is 7.55. The Morgan fingerprint density at radius 1 is 1.12 bits per heavy atom. The summed E-state index contributed by atoms with van der Waals surface area (Å²) < 4.78 is 6.45. The van der Waals surface area contributed by atoms with Crippen LogP contribution in [0.1, 0.15) is 29.4 Å². The highest BCUT2D eigenvalue weighted by Crippen LogP contribution is 2.32. The van der Waals surface area contributed by atoms with E-state index < -0.39 is 0 Å². The zero-order chi connectivity index (χ0) is 18.3. The van der Waals surface area contributed by atoms with Crippen molar-refractivity contribution in [2.24, 2.45) is 0 Å². The minimum absolute atomic E-state index is 0.0826. The molecule has 6 heteroatoms. The molecule has 5 nitrogen and oxygen atoms in total. The minimum atomic E-state index is -0.0826. The largest absolute Gasteiger partial charge is 0.339 e. The number of carbonyl (C=O) groups is 1. The molecular formula is C20H18BrN3O2. The lowest BCUT2D eigenvalue weighted by Gasteiger charge is -2.17. The molecule has 26 heavy (non-hydrogen) atoms. The average molecular weight is 412 g/mol. The van der Waals surface area contributed by atoms with Gasteiger partial charge in [-0.3, -0.25) is 4.79 Å². The molecule has 4 rings (SSSR count). The number of nitrogens with zero attached hydrogens (tertiary/aromatic N) is 3. The summed E-state index contributed by atoms with van der Waals surface area (Å²) in [6.07, 6.45) is 0.384. The second-order valence-electron chi connectivity index (χ2n) is 6.64. The van der Waals surface area contributed by atoms with E-state index in [1.54, 1.807) is 4.90 Å². The first-order valence-corrected chi connectivity index (χ1v) is 9.28. The molecule has 0 spiro atoms. The molecule has 2 aromatic carbocycles. The Labute approximate surface area is 160 Å². The first-order valence-electron chi connectivity index (χ1n) is 8.48. The average Bonchev–Trinajstić information content (AvgIpc) is 3.25. The Hall–Kier alpha value is -2.47. The van der Waals surface area contributed by atoms with E-state index in [1.165, 1.54) is 11.1 Å². The number of aromatic nitrogens is 2.